The van der Waals surface area contributed by atoms with Crippen molar-refractivity contribution in [3.05, 3.63) is 83.9 Å². The second kappa shape index (κ2) is 7.54. The number of benzene rings is 3. The van der Waals surface area contributed by atoms with Crippen molar-refractivity contribution in [3.8, 4) is 0 Å². The van der Waals surface area contributed by atoms with Crippen LogP contribution in [-0.4, -0.2) is 20.0 Å². The molecule has 0 fully saturated rings. The molecule has 0 aromatic heterocycles. The lowest BCUT2D eigenvalue weighted by atomic mass is 10.1. The topological polar surface area (TPSA) is 63.2 Å². The molecule has 0 saturated carbocycles. The Morgan fingerprint density at radius 2 is 1.65 bits per heavy atom. The van der Waals surface area contributed by atoms with Gasteiger partial charge in [0.05, 0.1) is 5.75 Å². The number of allylic oxidation sites excluding steroid dienone is 1. The molecular formula is C21H19NO3S. The van der Waals surface area contributed by atoms with E-state index in [0.29, 0.717) is 11.3 Å². The van der Waals surface area contributed by atoms with Crippen molar-refractivity contribution in [2.24, 2.45) is 0 Å². The molecule has 0 amide bonds. The van der Waals surface area contributed by atoms with Crippen LogP contribution in [0.25, 0.3) is 16.8 Å². The van der Waals surface area contributed by atoms with Gasteiger partial charge in [-0.15, -0.1) is 0 Å². The third-order valence-corrected chi connectivity index (χ3v) is 5.33. The minimum Gasteiger partial charge on any atom is -0.289 e. The zero-order valence-corrected chi connectivity index (χ0v) is 15.2. The second-order valence-corrected chi connectivity index (χ2v) is 7.90. The number of nitrogens with one attached hydrogen (secondary N) is 1. The predicted molar refractivity (Wildman–Crippen MR) is 107 cm³/mol. The Balaban J connectivity index is 1.73. The van der Waals surface area contributed by atoms with Crippen molar-refractivity contribution in [2.45, 2.75) is 6.92 Å². The molecule has 0 aliphatic rings. The van der Waals surface area contributed by atoms with Crippen molar-refractivity contribution < 1.29 is 13.2 Å². The Kier molecular flexibility index (Phi) is 5.19. The smallest absolute Gasteiger partial charge is 0.232 e. The van der Waals surface area contributed by atoms with Gasteiger partial charge in [-0.25, -0.2) is 8.42 Å². The van der Waals surface area contributed by atoms with E-state index in [-0.39, 0.29) is 11.5 Å². The quantitative estimate of drug-likeness (QED) is 0.517. The number of anilines is 1. The third kappa shape index (κ3) is 4.37. The van der Waals surface area contributed by atoms with Gasteiger partial charge in [0, 0.05) is 11.3 Å². The molecule has 5 heteroatoms. The van der Waals surface area contributed by atoms with Gasteiger partial charge in [-0.1, -0.05) is 42.5 Å². The Bertz CT molecular complexity index is 1070. The number of hydrogen-bond donors (Lipinski definition) is 1. The number of hydrogen-bond acceptors (Lipinski definition) is 3. The van der Waals surface area contributed by atoms with Crippen molar-refractivity contribution in [2.75, 3.05) is 10.5 Å². The molecule has 0 radical (unpaired) electrons. The maximum Gasteiger partial charge on any atom is 0.232 e. The number of carbonyl (C=O) groups excluding carboxylic acids is 1. The number of fused-ring (bicyclic) bond motifs is 1. The Morgan fingerprint density at radius 1 is 0.962 bits per heavy atom. The third-order valence-electron chi connectivity index (χ3n) is 4.02. The van der Waals surface area contributed by atoms with Crippen LogP contribution in [0, 0.1) is 0 Å². The van der Waals surface area contributed by atoms with Crippen LogP contribution in [-0.2, 0) is 10.0 Å². The highest BCUT2D eigenvalue weighted by molar-refractivity contribution is 7.92. The van der Waals surface area contributed by atoms with E-state index in [2.05, 4.69) is 4.72 Å². The number of sulfonamides is 1. The van der Waals surface area contributed by atoms with E-state index in [1.165, 1.54) is 6.08 Å². The van der Waals surface area contributed by atoms with E-state index in [9.17, 15) is 13.2 Å². The van der Waals surface area contributed by atoms with E-state index in [4.69, 9.17) is 0 Å². The summed E-state index contributed by atoms with van der Waals surface area (Å²) in [7, 11) is -3.32. The molecule has 132 valence electrons. The van der Waals surface area contributed by atoms with Crippen LogP contribution in [0.2, 0.25) is 0 Å². The van der Waals surface area contributed by atoms with E-state index in [1.807, 2.05) is 42.5 Å². The second-order valence-electron chi connectivity index (χ2n) is 5.89. The van der Waals surface area contributed by atoms with E-state index in [0.717, 1.165) is 16.3 Å². The molecule has 3 aromatic carbocycles. The molecule has 4 nitrogen and oxygen atoms in total. The molecule has 0 aliphatic heterocycles. The fraction of sp³-hybridized carbons (Fsp3) is 0.0952. The maximum absolute atomic E-state index is 12.3. The summed E-state index contributed by atoms with van der Waals surface area (Å²) in [5.74, 6) is -0.134. The average Bonchev–Trinajstić information content (AvgIpc) is 2.66. The lowest BCUT2D eigenvalue weighted by molar-refractivity contribution is 0.104. The first-order chi connectivity index (χ1) is 12.5. The van der Waals surface area contributed by atoms with Crippen LogP contribution < -0.4 is 4.72 Å². The molecule has 26 heavy (non-hydrogen) atoms. The van der Waals surface area contributed by atoms with Crippen LogP contribution in [0.4, 0.5) is 5.69 Å². The van der Waals surface area contributed by atoms with Gasteiger partial charge in [-0.2, -0.15) is 0 Å². The fourth-order valence-corrected chi connectivity index (χ4v) is 3.17. The molecule has 0 unspecified atom stereocenters. The Labute approximate surface area is 153 Å². The number of rotatable bonds is 6. The van der Waals surface area contributed by atoms with Gasteiger partial charge in [-0.05, 0) is 59.7 Å². The molecule has 0 heterocycles. The largest absolute Gasteiger partial charge is 0.289 e. The zero-order valence-electron chi connectivity index (χ0n) is 14.3. The van der Waals surface area contributed by atoms with Gasteiger partial charge >= 0.3 is 0 Å². The first kappa shape index (κ1) is 17.9. The molecule has 0 spiro atoms. The van der Waals surface area contributed by atoms with Crippen molar-refractivity contribution in [1.82, 2.24) is 0 Å². The summed E-state index contributed by atoms with van der Waals surface area (Å²) >= 11 is 0. The van der Waals surface area contributed by atoms with Gasteiger partial charge in [0.15, 0.2) is 5.78 Å². The predicted octanol–water partition coefficient (Wildman–Crippen LogP) is 4.50. The minimum atomic E-state index is -3.32. The van der Waals surface area contributed by atoms with Crippen LogP contribution >= 0.6 is 0 Å². The average molecular weight is 365 g/mol. The fourth-order valence-electron chi connectivity index (χ4n) is 2.53. The molecule has 0 aliphatic carbocycles. The highest BCUT2D eigenvalue weighted by Gasteiger charge is 2.07. The Hall–Kier alpha value is -2.92. The first-order valence-corrected chi connectivity index (χ1v) is 9.94. The maximum atomic E-state index is 12.3. The lowest BCUT2D eigenvalue weighted by Gasteiger charge is -2.06. The molecule has 1 N–H and O–H groups in total. The standard InChI is InChI=1S/C21H19NO3S/c1-2-26(24,25)22-20-12-10-18(11-13-20)21(23)14-8-16-7-9-17-5-3-4-6-19(17)15-16/h3-15,22H,2H2,1H3/b14-8+. The number of ketones is 1. The summed E-state index contributed by atoms with van der Waals surface area (Å²) in [4.78, 5) is 12.3. The normalized spacial score (nSPS) is 11.7. The van der Waals surface area contributed by atoms with Gasteiger partial charge in [-0.3, -0.25) is 9.52 Å². The Morgan fingerprint density at radius 3 is 2.35 bits per heavy atom. The van der Waals surface area contributed by atoms with Gasteiger partial charge in [0.25, 0.3) is 0 Å². The zero-order chi connectivity index (χ0) is 18.6. The van der Waals surface area contributed by atoms with Crippen molar-refractivity contribution >= 4 is 38.3 Å². The van der Waals surface area contributed by atoms with Crippen LogP contribution in [0.1, 0.15) is 22.8 Å². The molecule has 3 aromatic rings. The van der Waals surface area contributed by atoms with Crippen LogP contribution in [0.3, 0.4) is 0 Å². The van der Waals surface area contributed by atoms with Crippen LogP contribution in [0.15, 0.2) is 72.8 Å². The monoisotopic (exact) mass is 365 g/mol. The summed E-state index contributed by atoms with van der Waals surface area (Å²) in [5, 5.41) is 2.27. The highest BCUT2D eigenvalue weighted by atomic mass is 32.2. The van der Waals surface area contributed by atoms with E-state index in [1.54, 1.807) is 37.3 Å². The molecule has 0 atom stereocenters. The van der Waals surface area contributed by atoms with E-state index >= 15 is 0 Å². The van der Waals surface area contributed by atoms with Gasteiger partial charge in [0.2, 0.25) is 10.0 Å². The number of carbonyl (C=O) groups is 1. The van der Waals surface area contributed by atoms with E-state index < -0.39 is 10.0 Å². The molecule has 0 bridgehead atoms. The molecular weight excluding hydrogens is 346 g/mol. The lowest BCUT2D eigenvalue weighted by Crippen LogP contribution is -2.14. The summed E-state index contributed by atoms with van der Waals surface area (Å²) in [6.07, 6.45) is 3.30. The highest BCUT2D eigenvalue weighted by Crippen LogP contribution is 2.17. The molecule has 3 rings (SSSR count). The summed E-state index contributed by atoms with van der Waals surface area (Å²) in [6.45, 7) is 1.57. The summed E-state index contributed by atoms with van der Waals surface area (Å²) in [6, 6.07) is 20.5. The molecule has 0 saturated heterocycles. The van der Waals surface area contributed by atoms with Crippen LogP contribution in [0.5, 0.6) is 0 Å². The van der Waals surface area contributed by atoms with Gasteiger partial charge < -0.3 is 0 Å². The first-order valence-electron chi connectivity index (χ1n) is 8.28. The summed E-state index contributed by atoms with van der Waals surface area (Å²) in [5.41, 5.74) is 1.90. The van der Waals surface area contributed by atoms with Gasteiger partial charge in [0.1, 0.15) is 0 Å². The van der Waals surface area contributed by atoms with Crippen molar-refractivity contribution in [1.29, 1.82) is 0 Å². The van der Waals surface area contributed by atoms with Crippen molar-refractivity contribution in [3.63, 3.8) is 0 Å². The SMILES string of the molecule is CCS(=O)(=O)Nc1ccc(C(=O)/C=C/c2ccc3ccccc3c2)cc1. The minimum absolute atomic E-state index is 0.00216. The summed E-state index contributed by atoms with van der Waals surface area (Å²) < 4.78 is 25.6.